The van der Waals surface area contributed by atoms with Crippen molar-refractivity contribution in [3.05, 3.63) is 52.7 Å². The molecule has 2 N–H and O–H groups in total. The second-order valence-electron chi connectivity index (χ2n) is 6.42. The summed E-state index contributed by atoms with van der Waals surface area (Å²) in [4.78, 5) is 5.67. The van der Waals surface area contributed by atoms with E-state index in [1.165, 1.54) is 22.2 Å². The lowest BCUT2D eigenvalue weighted by molar-refractivity contribution is 0.394. The van der Waals surface area contributed by atoms with E-state index in [0.29, 0.717) is 21.6 Å². The quantitative estimate of drug-likeness (QED) is 0.628. The lowest BCUT2D eigenvalue weighted by Crippen LogP contribution is -2.38. The predicted octanol–water partition coefficient (Wildman–Crippen LogP) is 4.59. The molecule has 2 aromatic carbocycles. The first-order chi connectivity index (χ1) is 13.1. The number of halogens is 1. The molecule has 0 atom stereocenters. The van der Waals surface area contributed by atoms with Crippen molar-refractivity contribution in [3.63, 3.8) is 0 Å². The molecule has 0 spiro atoms. The Morgan fingerprint density at radius 1 is 1.19 bits per heavy atom. The maximum atomic E-state index is 6.18. The molecule has 0 radical (unpaired) electrons. The van der Waals surface area contributed by atoms with Crippen molar-refractivity contribution in [2.24, 2.45) is 0 Å². The normalized spacial score (nSPS) is 13.4. The number of hydrogen-bond donors (Lipinski definition) is 2. The Balaban J connectivity index is 1.56. The van der Waals surface area contributed by atoms with Gasteiger partial charge in [0, 0.05) is 35.3 Å². The van der Waals surface area contributed by atoms with E-state index in [-0.39, 0.29) is 0 Å². The van der Waals surface area contributed by atoms with Gasteiger partial charge >= 0.3 is 0 Å². The molecule has 1 aliphatic rings. The summed E-state index contributed by atoms with van der Waals surface area (Å²) >= 11 is 11.8. The summed E-state index contributed by atoms with van der Waals surface area (Å²) in [6, 6.07) is 11.9. The van der Waals surface area contributed by atoms with E-state index >= 15 is 0 Å². The zero-order valence-corrected chi connectivity index (χ0v) is 16.7. The number of benzene rings is 2. The maximum absolute atomic E-state index is 6.18. The number of aromatic amines is 1. The molecule has 1 aliphatic heterocycles. The molecule has 0 bridgehead atoms. The van der Waals surface area contributed by atoms with Crippen LogP contribution in [0.4, 0.5) is 5.69 Å². The van der Waals surface area contributed by atoms with E-state index in [2.05, 4.69) is 39.5 Å². The van der Waals surface area contributed by atoms with Gasteiger partial charge in [-0.05, 0) is 30.3 Å². The number of aromatic nitrogens is 1. The fraction of sp³-hybridized carbons (Fsp3) is 0.250. The summed E-state index contributed by atoms with van der Waals surface area (Å²) in [6.07, 6.45) is 0.947. The Hall–Kier alpha value is -2.44. The highest BCUT2D eigenvalue weighted by Gasteiger charge is 2.23. The van der Waals surface area contributed by atoms with Crippen LogP contribution in [-0.2, 0) is 13.0 Å². The lowest BCUT2D eigenvalue weighted by atomic mass is 10.0. The summed E-state index contributed by atoms with van der Waals surface area (Å²) in [6.45, 7) is 1.59. The van der Waals surface area contributed by atoms with Gasteiger partial charge in [-0.25, -0.2) is 0 Å². The first-order valence-electron chi connectivity index (χ1n) is 8.66. The van der Waals surface area contributed by atoms with Gasteiger partial charge in [0.1, 0.15) is 11.5 Å². The topological polar surface area (TPSA) is 49.5 Å². The third-order valence-corrected chi connectivity index (χ3v) is 5.54. The Morgan fingerprint density at radius 2 is 1.96 bits per heavy atom. The molecule has 0 aliphatic carbocycles. The standard InChI is InChI=1S/C20H20ClN3O2S/c1-25-18-10-16(19(26-2)9-14(18)21)23-20(27)24-8-7-13-12-5-3-4-6-15(12)22-17(13)11-24/h3-6,9-10,22H,7-8,11H2,1-2H3,(H,23,27). The average Bonchev–Trinajstić information content (AvgIpc) is 3.06. The fourth-order valence-electron chi connectivity index (χ4n) is 3.52. The third kappa shape index (κ3) is 3.31. The van der Waals surface area contributed by atoms with Gasteiger partial charge in [0.25, 0.3) is 0 Å². The van der Waals surface area contributed by atoms with E-state index in [1.54, 1.807) is 26.4 Å². The maximum Gasteiger partial charge on any atom is 0.173 e. The number of hydrogen-bond acceptors (Lipinski definition) is 3. The van der Waals surface area contributed by atoms with Crippen molar-refractivity contribution < 1.29 is 9.47 Å². The van der Waals surface area contributed by atoms with E-state index in [0.717, 1.165) is 25.2 Å². The van der Waals surface area contributed by atoms with Gasteiger partial charge in [0.2, 0.25) is 0 Å². The molecule has 0 saturated heterocycles. The van der Waals surface area contributed by atoms with Crippen LogP contribution in [0.1, 0.15) is 11.3 Å². The lowest BCUT2D eigenvalue weighted by Gasteiger charge is -2.30. The van der Waals surface area contributed by atoms with Crippen molar-refractivity contribution in [2.45, 2.75) is 13.0 Å². The first kappa shape index (κ1) is 17.9. The summed E-state index contributed by atoms with van der Waals surface area (Å²) in [5.41, 5.74) is 4.50. The van der Waals surface area contributed by atoms with Crippen molar-refractivity contribution in [3.8, 4) is 11.5 Å². The molecular weight excluding hydrogens is 382 g/mol. The van der Waals surface area contributed by atoms with Gasteiger partial charge in [-0.3, -0.25) is 0 Å². The molecule has 4 rings (SSSR count). The minimum absolute atomic E-state index is 0.492. The van der Waals surface area contributed by atoms with Gasteiger partial charge < -0.3 is 24.7 Å². The van der Waals surface area contributed by atoms with E-state index in [1.807, 2.05) is 0 Å². The van der Waals surface area contributed by atoms with Crippen LogP contribution < -0.4 is 14.8 Å². The van der Waals surface area contributed by atoms with Crippen molar-refractivity contribution in [2.75, 3.05) is 26.1 Å². The number of para-hydroxylation sites is 1. The van der Waals surface area contributed by atoms with Crippen LogP contribution in [0.3, 0.4) is 0 Å². The van der Waals surface area contributed by atoms with Crippen LogP contribution in [0.25, 0.3) is 10.9 Å². The highest BCUT2D eigenvalue weighted by atomic mass is 35.5. The van der Waals surface area contributed by atoms with Crippen LogP contribution in [0.5, 0.6) is 11.5 Å². The van der Waals surface area contributed by atoms with Gasteiger partial charge in [-0.2, -0.15) is 0 Å². The minimum atomic E-state index is 0.492. The minimum Gasteiger partial charge on any atom is -0.495 e. The zero-order chi connectivity index (χ0) is 19.0. The highest BCUT2D eigenvalue weighted by molar-refractivity contribution is 7.80. The molecule has 27 heavy (non-hydrogen) atoms. The molecule has 0 saturated carbocycles. The summed E-state index contributed by atoms with van der Waals surface area (Å²) in [5, 5.41) is 5.71. The number of nitrogens with zero attached hydrogens (tertiary/aromatic N) is 1. The van der Waals surface area contributed by atoms with Crippen LogP contribution in [0, 0.1) is 0 Å². The van der Waals surface area contributed by atoms with Gasteiger partial charge in [0.05, 0.1) is 31.5 Å². The molecule has 1 aromatic heterocycles. The number of anilines is 1. The number of ether oxygens (including phenoxy) is 2. The Bertz CT molecular complexity index is 1020. The second-order valence-corrected chi connectivity index (χ2v) is 7.21. The number of methoxy groups -OCH3 is 2. The van der Waals surface area contributed by atoms with Crippen molar-refractivity contribution >= 4 is 45.5 Å². The summed E-state index contributed by atoms with van der Waals surface area (Å²) in [7, 11) is 3.18. The van der Waals surface area contributed by atoms with Crippen LogP contribution in [0.15, 0.2) is 36.4 Å². The molecule has 0 unspecified atom stereocenters. The molecule has 2 heterocycles. The Morgan fingerprint density at radius 3 is 2.74 bits per heavy atom. The largest absolute Gasteiger partial charge is 0.495 e. The van der Waals surface area contributed by atoms with E-state index < -0.39 is 0 Å². The van der Waals surface area contributed by atoms with Gasteiger partial charge in [0.15, 0.2) is 5.11 Å². The molecule has 140 valence electrons. The highest BCUT2D eigenvalue weighted by Crippen LogP contribution is 2.36. The molecule has 5 nitrogen and oxygen atoms in total. The Labute approximate surface area is 168 Å². The summed E-state index contributed by atoms with van der Waals surface area (Å²) < 4.78 is 10.7. The van der Waals surface area contributed by atoms with Gasteiger partial charge in [-0.1, -0.05) is 29.8 Å². The van der Waals surface area contributed by atoms with Crippen molar-refractivity contribution in [1.29, 1.82) is 0 Å². The predicted molar refractivity (Wildman–Crippen MR) is 113 cm³/mol. The van der Waals surface area contributed by atoms with Gasteiger partial charge in [-0.15, -0.1) is 0 Å². The smallest absolute Gasteiger partial charge is 0.173 e. The number of rotatable bonds is 3. The molecule has 7 heteroatoms. The zero-order valence-electron chi connectivity index (χ0n) is 15.1. The van der Waals surface area contributed by atoms with E-state index in [9.17, 15) is 0 Å². The van der Waals surface area contributed by atoms with Crippen LogP contribution in [-0.4, -0.2) is 35.8 Å². The molecular formula is C20H20ClN3O2S. The Kier molecular flexibility index (Phi) is 4.85. The number of fused-ring (bicyclic) bond motifs is 3. The monoisotopic (exact) mass is 401 g/mol. The number of thiocarbonyl (C=S) groups is 1. The average molecular weight is 402 g/mol. The third-order valence-electron chi connectivity index (χ3n) is 4.89. The van der Waals surface area contributed by atoms with Crippen LogP contribution >= 0.6 is 23.8 Å². The van der Waals surface area contributed by atoms with Crippen molar-refractivity contribution in [1.82, 2.24) is 9.88 Å². The van der Waals surface area contributed by atoms with Crippen LogP contribution in [0.2, 0.25) is 5.02 Å². The van der Waals surface area contributed by atoms with E-state index in [4.69, 9.17) is 33.3 Å². The summed E-state index contributed by atoms with van der Waals surface area (Å²) in [5.74, 6) is 1.19. The fourth-order valence-corrected chi connectivity index (χ4v) is 4.02. The second kappa shape index (κ2) is 7.29. The molecule has 0 fully saturated rings. The SMILES string of the molecule is COc1cc(NC(=S)N2CCc3c([nH]c4ccccc34)C2)c(OC)cc1Cl. The first-order valence-corrected chi connectivity index (χ1v) is 9.45. The number of H-pyrrole nitrogens is 1. The molecule has 0 amide bonds. The number of nitrogens with one attached hydrogen (secondary N) is 2. The molecule has 3 aromatic rings.